The SMILES string of the molecule is O=C(N[C@@H]1CC[C@@H](OCC(Br)=Cc2ccccc2)C1)OCc1ccccc1. The van der Waals surface area contributed by atoms with E-state index in [1.165, 1.54) is 0 Å². The number of alkyl carbamates (subject to hydrolysis) is 1. The fourth-order valence-corrected chi connectivity index (χ4v) is 3.52. The van der Waals surface area contributed by atoms with Crippen LogP contribution in [-0.4, -0.2) is 24.8 Å². The second kappa shape index (κ2) is 10.3. The predicted octanol–water partition coefficient (Wildman–Crippen LogP) is 5.29. The Morgan fingerprint density at radius 3 is 2.52 bits per heavy atom. The van der Waals surface area contributed by atoms with Gasteiger partial charge in [0, 0.05) is 10.5 Å². The number of nitrogens with one attached hydrogen (secondary N) is 1. The highest BCUT2D eigenvalue weighted by molar-refractivity contribution is 9.11. The minimum atomic E-state index is -0.366. The van der Waals surface area contributed by atoms with Gasteiger partial charge >= 0.3 is 6.09 Å². The second-order valence-corrected chi connectivity index (χ2v) is 7.67. The molecule has 0 radical (unpaired) electrons. The van der Waals surface area contributed by atoms with E-state index in [-0.39, 0.29) is 24.8 Å². The number of ether oxygens (including phenoxy) is 2. The molecule has 1 N–H and O–H groups in total. The van der Waals surface area contributed by atoms with E-state index in [9.17, 15) is 4.79 Å². The van der Waals surface area contributed by atoms with Crippen molar-refractivity contribution in [3.63, 3.8) is 0 Å². The van der Waals surface area contributed by atoms with E-state index >= 15 is 0 Å². The quantitative estimate of drug-likeness (QED) is 0.650. The van der Waals surface area contributed by atoms with Crippen molar-refractivity contribution >= 4 is 28.1 Å². The van der Waals surface area contributed by atoms with Gasteiger partial charge < -0.3 is 14.8 Å². The Bertz CT molecular complexity index is 749. The van der Waals surface area contributed by atoms with Gasteiger partial charge in [0.25, 0.3) is 0 Å². The first kappa shape index (κ1) is 19.6. The van der Waals surface area contributed by atoms with Crippen LogP contribution in [0, 0.1) is 0 Å². The molecule has 1 fully saturated rings. The van der Waals surface area contributed by atoms with Crippen molar-refractivity contribution in [3.8, 4) is 0 Å². The normalized spacial score (nSPS) is 19.7. The summed E-state index contributed by atoms with van der Waals surface area (Å²) in [6.45, 7) is 0.821. The Labute approximate surface area is 168 Å². The van der Waals surface area contributed by atoms with Crippen molar-refractivity contribution < 1.29 is 14.3 Å². The molecule has 0 bridgehead atoms. The topological polar surface area (TPSA) is 47.6 Å². The van der Waals surface area contributed by atoms with Crippen LogP contribution < -0.4 is 5.32 Å². The van der Waals surface area contributed by atoms with E-state index in [1.807, 2.05) is 48.5 Å². The van der Waals surface area contributed by atoms with Crippen LogP contribution in [0.25, 0.3) is 6.08 Å². The van der Waals surface area contributed by atoms with Gasteiger partial charge in [0.1, 0.15) is 6.61 Å². The number of rotatable bonds is 7. The molecule has 0 spiro atoms. The summed E-state index contributed by atoms with van der Waals surface area (Å²) in [6.07, 6.45) is 4.51. The highest BCUT2D eigenvalue weighted by Crippen LogP contribution is 2.24. The van der Waals surface area contributed by atoms with E-state index in [1.54, 1.807) is 0 Å². The lowest BCUT2D eigenvalue weighted by Crippen LogP contribution is -2.33. The second-order valence-electron chi connectivity index (χ2n) is 6.65. The van der Waals surface area contributed by atoms with Crippen LogP contribution >= 0.6 is 15.9 Å². The summed E-state index contributed by atoms with van der Waals surface area (Å²) in [4.78, 5) is 12.0. The minimum absolute atomic E-state index is 0.107. The molecular formula is C22H24BrNO3. The summed E-state index contributed by atoms with van der Waals surface area (Å²) in [6, 6.07) is 19.9. The zero-order valence-corrected chi connectivity index (χ0v) is 16.7. The average Bonchev–Trinajstić information content (AvgIpc) is 3.14. The molecule has 0 unspecified atom stereocenters. The molecular weight excluding hydrogens is 406 g/mol. The van der Waals surface area contributed by atoms with Crippen molar-refractivity contribution in [1.29, 1.82) is 0 Å². The van der Waals surface area contributed by atoms with E-state index in [0.717, 1.165) is 34.9 Å². The van der Waals surface area contributed by atoms with Gasteiger partial charge in [0.05, 0.1) is 12.7 Å². The number of benzene rings is 2. The van der Waals surface area contributed by atoms with Crippen LogP contribution in [0.1, 0.15) is 30.4 Å². The van der Waals surface area contributed by atoms with Crippen LogP contribution in [-0.2, 0) is 16.1 Å². The average molecular weight is 430 g/mol. The van der Waals surface area contributed by atoms with Crippen molar-refractivity contribution in [2.75, 3.05) is 6.61 Å². The number of halogens is 1. The summed E-state index contributed by atoms with van der Waals surface area (Å²) in [7, 11) is 0. The first-order valence-corrected chi connectivity index (χ1v) is 9.98. The molecule has 0 aliphatic heterocycles. The monoisotopic (exact) mass is 429 g/mol. The Morgan fingerprint density at radius 1 is 1.07 bits per heavy atom. The summed E-state index contributed by atoms with van der Waals surface area (Å²) in [5, 5.41) is 2.94. The first-order valence-electron chi connectivity index (χ1n) is 9.19. The van der Waals surface area contributed by atoms with Crippen LogP contribution in [0.15, 0.2) is 65.1 Å². The number of amides is 1. The Morgan fingerprint density at radius 2 is 1.78 bits per heavy atom. The third-order valence-electron chi connectivity index (χ3n) is 4.50. The molecule has 1 amide bonds. The summed E-state index contributed by atoms with van der Waals surface area (Å²) >= 11 is 3.57. The van der Waals surface area contributed by atoms with Crippen LogP contribution in [0.5, 0.6) is 0 Å². The maximum absolute atomic E-state index is 12.0. The summed E-state index contributed by atoms with van der Waals surface area (Å²) in [5.41, 5.74) is 2.12. The molecule has 0 heterocycles. The Hall–Kier alpha value is -2.11. The summed E-state index contributed by atoms with van der Waals surface area (Å²) in [5.74, 6) is 0. The Balaban J connectivity index is 1.36. The molecule has 2 atom stereocenters. The standard InChI is InChI=1S/C22H24BrNO3/c23-19(13-17-7-3-1-4-8-17)16-26-21-12-11-20(14-21)24-22(25)27-15-18-9-5-2-6-10-18/h1-10,13,20-21H,11-12,14-16H2,(H,24,25)/t20-,21-/m1/s1. The lowest BCUT2D eigenvalue weighted by molar-refractivity contribution is 0.0767. The molecule has 1 aliphatic carbocycles. The van der Waals surface area contributed by atoms with Gasteiger partial charge in [-0.15, -0.1) is 0 Å². The number of carbonyl (C=O) groups excluding carboxylic acids is 1. The maximum Gasteiger partial charge on any atom is 0.407 e. The van der Waals surface area contributed by atoms with Crippen molar-refractivity contribution in [2.24, 2.45) is 0 Å². The first-order chi connectivity index (χ1) is 13.2. The van der Waals surface area contributed by atoms with Crippen molar-refractivity contribution in [1.82, 2.24) is 5.32 Å². The van der Waals surface area contributed by atoms with E-state index in [2.05, 4.69) is 39.5 Å². The highest BCUT2D eigenvalue weighted by atomic mass is 79.9. The molecule has 1 saturated carbocycles. The molecule has 3 rings (SSSR count). The minimum Gasteiger partial charge on any atom is -0.445 e. The smallest absolute Gasteiger partial charge is 0.407 e. The third kappa shape index (κ3) is 6.85. The molecule has 0 aromatic heterocycles. The van der Waals surface area contributed by atoms with Gasteiger partial charge in [-0.25, -0.2) is 4.79 Å². The third-order valence-corrected chi connectivity index (χ3v) is 4.96. The van der Waals surface area contributed by atoms with Gasteiger partial charge in [0.15, 0.2) is 0 Å². The van der Waals surface area contributed by atoms with Crippen molar-refractivity contribution in [3.05, 3.63) is 76.3 Å². The fourth-order valence-electron chi connectivity index (χ4n) is 3.12. The number of carbonyl (C=O) groups is 1. The number of hydrogen-bond donors (Lipinski definition) is 1. The highest BCUT2D eigenvalue weighted by Gasteiger charge is 2.27. The predicted molar refractivity (Wildman–Crippen MR) is 110 cm³/mol. The molecule has 0 saturated heterocycles. The molecule has 5 heteroatoms. The molecule has 2 aromatic carbocycles. The largest absolute Gasteiger partial charge is 0.445 e. The van der Waals surface area contributed by atoms with Gasteiger partial charge in [-0.05, 0) is 36.5 Å². The zero-order valence-electron chi connectivity index (χ0n) is 15.1. The fraction of sp³-hybridized carbons (Fsp3) is 0.318. The van der Waals surface area contributed by atoms with Gasteiger partial charge in [0.2, 0.25) is 0 Å². The van der Waals surface area contributed by atoms with Crippen LogP contribution in [0.4, 0.5) is 4.79 Å². The molecule has 2 aromatic rings. The molecule has 27 heavy (non-hydrogen) atoms. The Kier molecular flexibility index (Phi) is 7.48. The molecule has 142 valence electrons. The number of hydrogen-bond acceptors (Lipinski definition) is 3. The van der Waals surface area contributed by atoms with Crippen molar-refractivity contribution in [2.45, 2.75) is 38.0 Å². The van der Waals surface area contributed by atoms with Gasteiger partial charge in [-0.2, -0.15) is 0 Å². The van der Waals surface area contributed by atoms with Gasteiger partial charge in [-0.1, -0.05) is 76.6 Å². The van der Waals surface area contributed by atoms with Gasteiger partial charge in [-0.3, -0.25) is 0 Å². The molecule has 4 nitrogen and oxygen atoms in total. The lowest BCUT2D eigenvalue weighted by atomic mass is 10.2. The van der Waals surface area contributed by atoms with E-state index in [4.69, 9.17) is 9.47 Å². The van der Waals surface area contributed by atoms with E-state index < -0.39 is 0 Å². The molecule has 1 aliphatic rings. The van der Waals surface area contributed by atoms with Crippen LogP contribution in [0.2, 0.25) is 0 Å². The zero-order chi connectivity index (χ0) is 18.9. The lowest BCUT2D eigenvalue weighted by Gasteiger charge is -2.14. The van der Waals surface area contributed by atoms with Crippen LogP contribution in [0.3, 0.4) is 0 Å². The maximum atomic E-state index is 12.0. The summed E-state index contributed by atoms with van der Waals surface area (Å²) < 4.78 is 12.3. The van der Waals surface area contributed by atoms with E-state index in [0.29, 0.717) is 6.61 Å².